The molecule has 3 aromatic carbocycles. The molecule has 1 atom stereocenters. The van der Waals surface area contributed by atoms with E-state index in [0.717, 1.165) is 0 Å². The Morgan fingerprint density at radius 1 is 0.941 bits per heavy atom. The third-order valence-corrected chi connectivity index (χ3v) is 5.89. The zero-order valence-electron chi connectivity index (χ0n) is 18.3. The number of esters is 1. The lowest BCUT2D eigenvalue weighted by molar-refractivity contribution is -0.135. The topological polar surface area (TPSA) is 115 Å². The quantitative estimate of drug-likeness (QED) is 0.342. The van der Waals surface area contributed by atoms with Crippen molar-refractivity contribution in [1.29, 1.82) is 0 Å². The van der Waals surface area contributed by atoms with Gasteiger partial charge in [-0.25, -0.2) is 0 Å². The van der Waals surface area contributed by atoms with E-state index in [-0.39, 0.29) is 46.1 Å². The number of hydrogen-bond acceptors (Lipinski definition) is 8. The summed E-state index contributed by atoms with van der Waals surface area (Å²) in [5.41, 5.74) is 1.36. The van der Waals surface area contributed by atoms with E-state index < -0.39 is 17.3 Å². The minimum atomic E-state index is -0.628. The van der Waals surface area contributed by atoms with E-state index in [4.69, 9.17) is 18.6 Å². The molecular formula is C26H20O8. The van der Waals surface area contributed by atoms with Crippen LogP contribution in [0.3, 0.4) is 0 Å². The van der Waals surface area contributed by atoms with Gasteiger partial charge in [-0.15, -0.1) is 0 Å². The van der Waals surface area contributed by atoms with Crippen molar-refractivity contribution in [2.45, 2.75) is 12.3 Å². The minimum absolute atomic E-state index is 0.0147. The molecule has 2 heterocycles. The smallest absolute Gasteiger partial charge is 0.312 e. The number of phenols is 2. The van der Waals surface area contributed by atoms with E-state index in [1.165, 1.54) is 26.4 Å². The molecule has 1 unspecified atom stereocenters. The van der Waals surface area contributed by atoms with Crippen LogP contribution in [0.4, 0.5) is 0 Å². The molecule has 0 aliphatic carbocycles. The molecule has 1 aromatic heterocycles. The highest BCUT2D eigenvalue weighted by atomic mass is 16.5. The van der Waals surface area contributed by atoms with E-state index in [1.807, 2.05) is 18.2 Å². The first-order valence-electron chi connectivity index (χ1n) is 10.5. The number of phenolic OH excluding ortho intramolecular Hbond substituents is 2. The maximum Gasteiger partial charge on any atom is 0.312 e. The Kier molecular flexibility index (Phi) is 5.13. The van der Waals surface area contributed by atoms with Gasteiger partial charge in [-0.2, -0.15) is 0 Å². The predicted octanol–water partition coefficient (Wildman–Crippen LogP) is 4.33. The summed E-state index contributed by atoms with van der Waals surface area (Å²) in [6, 6.07) is 14.8. The van der Waals surface area contributed by atoms with Gasteiger partial charge in [0.2, 0.25) is 5.75 Å². The van der Waals surface area contributed by atoms with Gasteiger partial charge in [0.1, 0.15) is 28.2 Å². The zero-order chi connectivity index (χ0) is 24.0. The monoisotopic (exact) mass is 460 g/mol. The Morgan fingerprint density at radius 3 is 2.26 bits per heavy atom. The lowest BCUT2D eigenvalue weighted by atomic mass is 9.84. The number of fused-ring (bicyclic) bond motifs is 3. The van der Waals surface area contributed by atoms with Crippen LogP contribution >= 0.6 is 0 Å². The van der Waals surface area contributed by atoms with Crippen molar-refractivity contribution in [2.75, 3.05) is 14.2 Å². The number of ether oxygens (including phenoxy) is 3. The van der Waals surface area contributed by atoms with E-state index in [1.54, 1.807) is 24.3 Å². The van der Waals surface area contributed by atoms with Crippen LogP contribution in [-0.2, 0) is 4.79 Å². The second-order valence-corrected chi connectivity index (χ2v) is 7.86. The first-order chi connectivity index (χ1) is 16.4. The first kappa shape index (κ1) is 21.4. The Morgan fingerprint density at radius 2 is 1.62 bits per heavy atom. The highest BCUT2D eigenvalue weighted by Crippen LogP contribution is 2.48. The Labute approximate surface area is 193 Å². The van der Waals surface area contributed by atoms with Gasteiger partial charge < -0.3 is 28.8 Å². The first-order valence-corrected chi connectivity index (χ1v) is 10.5. The van der Waals surface area contributed by atoms with E-state index >= 15 is 0 Å². The van der Waals surface area contributed by atoms with Crippen LogP contribution in [0.2, 0.25) is 0 Å². The standard InChI is InChI=1S/C26H20O8/c1-31-20-8-14(9-21(32-2)25(20)30)15-10-22(29)33-19-12-17(28)24-16(27)11-18(34-26(24)23(15)19)13-6-4-3-5-7-13/h3-9,11-12,15,28,30H,10H2,1-2H3. The molecule has 8 nitrogen and oxygen atoms in total. The van der Waals surface area contributed by atoms with Crippen molar-refractivity contribution in [3.05, 3.63) is 75.9 Å². The number of benzene rings is 3. The normalized spacial score (nSPS) is 15.0. The molecule has 0 fully saturated rings. The number of carbonyl (C=O) groups excluding carboxylic acids is 1. The second-order valence-electron chi connectivity index (χ2n) is 7.86. The third kappa shape index (κ3) is 3.40. The van der Waals surface area contributed by atoms with Crippen LogP contribution < -0.4 is 19.6 Å². The van der Waals surface area contributed by atoms with Gasteiger partial charge >= 0.3 is 5.97 Å². The molecule has 172 valence electrons. The highest BCUT2D eigenvalue weighted by Gasteiger charge is 2.34. The lowest BCUT2D eigenvalue weighted by Gasteiger charge is -2.26. The van der Waals surface area contributed by atoms with Gasteiger partial charge in [-0.3, -0.25) is 9.59 Å². The van der Waals surface area contributed by atoms with Crippen LogP contribution in [0.1, 0.15) is 23.5 Å². The maximum absolute atomic E-state index is 13.0. The fourth-order valence-electron chi connectivity index (χ4n) is 4.30. The summed E-state index contributed by atoms with van der Waals surface area (Å²) in [5, 5.41) is 20.9. The summed E-state index contributed by atoms with van der Waals surface area (Å²) in [5.74, 6) is -0.972. The lowest BCUT2D eigenvalue weighted by Crippen LogP contribution is -2.22. The van der Waals surface area contributed by atoms with Crippen molar-refractivity contribution in [1.82, 2.24) is 0 Å². The number of aromatic hydroxyl groups is 2. The highest BCUT2D eigenvalue weighted by molar-refractivity contribution is 5.93. The zero-order valence-corrected chi connectivity index (χ0v) is 18.3. The summed E-state index contributed by atoms with van der Waals surface area (Å²) in [6.45, 7) is 0. The van der Waals surface area contributed by atoms with Crippen LogP contribution in [0.25, 0.3) is 22.3 Å². The van der Waals surface area contributed by atoms with Gasteiger partial charge in [-0.05, 0) is 17.7 Å². The van der Waals surface area contributed by atoms with Crippen LogP contribution in [0.5, 0.6) is 28.7 Å². The van der Waals surface area contributed by atoms with Crippen LogP contribution in [0, 0.1) is 0 Å². The molecule has 0 amide bonds. The molecule has 34 heavy (non-hydrogen) atoms. The number of hydrogen-bond donors (Lipinski definition) is 2. The van der Waals surface area contributed by atoms with Gasteiger partial charge in [-0.1, -0.05) is 30.3 Å². The summed E-state index contributed by atoms with van der Waals surface area (Å²) >= 11 is 0. The van der Waals surface area contributed by atoms with E-state index in [2.05, 4.69) is 0 Å². The molecular weight excluding hydrogens is 440 g/mol. The molecule has 0 bridgehead atoms. The summed E-state index contributed by atoms with van der Waals surface area (Å²) in [7, 11) is 2.81. The summed E-state index contributed by atoms with van der Waals surface area (Å²) in [6.07, 6.45) is -0.0662. The Hall–Kier alpha value is -4.46. The molecule has 5 rings (SSSR count). The van der Waals surface area contributed by atoms with Crippen molar-refractivity contribution >= 4 is 16.9 Å². The molecule has 1 aliphatic rings. The fourth-order valence-corrected chi connectivity index (χ4v) is 4.30. The van der Waals surface area contributed by atoms with Crippen molar-refractivity contribution in [3.8, 4) is 40.1 Å². The molecule has 4 aromatic rings. The number of methoxy groups -OCH3 is 2. The minimum Gasteiger partial charge on any atom is -0.507 e. The van der Waals surface area contributed by atoms with Crippen LogP contribution in [0.15, 0.2) is 63.8 Å². The molecule has 1 aliphatic heterocycles. The Bertz CT molecular complexity index is 1460. The summed E-state index contributed by atoms with van der Waals surface area (Å²) in [4.78, 5) is 25.5. The number of rotatable bonds is 4. The average Bonchev–Trinajstić information content (AvgIpc) is 2.83. The SMILES string of the molecule is COc1cc(C2CC(=O)Oc3cc(O)c4c(=O)cc(-c5ccccc5)oc4c32)cc(OC)c1O. The van der Waals surface area contributed by atoms with Gasteiger partial charge in [0.25, 0.3) is 0 Å². The maximum atomic E-state index is 13.0. The van der Waals surface area contributed by atoms with Gasteiger partial charge in [0.05, 0.1) is 20.6 Å². The largest absolute Gasteiger partial charge is 0.507 e. The van der Waals surface area contributed by atoms with Crippen molar-refractivity contribution in [3.63, 3.8) is 0 Å². The average molecular weight is 460 g/mol. The Balaban J connectivity index is 1.83. The molecule has 8 heteroatoms. The molecule has 2 N–H and O–H groups in total. The second kappa shape index (κ2) is 8.15. The van der Waals surface area contributed by atoms with Crippen LogP contribution in [-0.4, -0.2) is 30.4 Å². The molecule has 0 saturated carbocycles. The van der Waals surface area contributed by atoms with E-state index in [9.17, 15) is 19.8 Å². The molecule has 0 radical (unpaired) electrons. The van der Waals surface area contributed by atoms with Gasteiger partial charge in [0, 0.05) is 29.2 Å². The molecule has 0 spiro atoms. The fraction of sp³-hybridized carbons (Fsp3) is 0.154. The van der Waals surface area contributed by atoms with Gasteiger partial charge in [0.15, 0.2) is 16.9 Å². The summed E-state index contributed by atoms with van der Waals surface area (Å²) < 4.78 is 22.1. The van der Waals surface area contributed by atoms with Crippen molar-refractivity contribution in [2.24, 2.45) is 0 Å². The third-order valence-electron chi connectivity index (χ3n) is 5.89. The predicted molar refractivity (Wildman–Crippen MR) is 123 cm³/mol. The van der Waals surface area contributed by atoms with E-state index in [0.29, 0.717) is 22.5 Å². The van der Waals surface area contributed by atoms with Crippen molar-refractivity contribution < 1.29 is 33.6 Å². The number of carbonyl (C=O) groups is 1. The molecule has 0 saturated heterocycles.